The lowest BCUT2D eigenvalue weighted by Crippen LogP contribution is -1.81. The van der Waals surface area contributed by atoms with Crippen LogP contribution in [0, 0.1) is 0 Å². The molecule has 0 radical (unpaired) electrons. The second kappa shape index (κ2) is 4.40. The molecule has 1 aromatic carbocycles. The first kappa shape index (κ1) is 10.7. The number of rotatable bonds is 1. The molecule has 0 atom stereocenters. The molecule has 0 spiro atoms. The monoisotopic (exact) mass is 257 g/mol. The van der Waals surface area contributed by atoms with Crippen LogP contribution in [0.15, 0.2) is 36.5 Å². The standard InChI is InChI=1S/C11H6Cl3N/c12-8-1-2-9(10(13)6-8)7-3-4-15-11(14)5-7/h1-6H. The van der Waals surface area contributed by atoms with E-state index in [0.29, 0.717) is 15.2 Å². The quantitative estimate of drug-likeness (QED) is 0.675. The van der Waals surface area contributed by atoms with E-state index >= 15 is 0 Å². The van der Waals surface area contributed by atoms with Gasteiger partial charge in [-0.3, -0.25) is 0 Å². The van der Waals surface area contributed by atoms with Gasteiger partial charge in [-0.05, 0) is 29.8 Å². The fourth-order valence-electron chi connectivity index (χ4n) is 1.29. The highest BCUT2D eigenvalue weighted by Crippen LogP contribution is 2.30. The first-order chi connectivity index (χ1) is 7.16. The summed E-state index contributed by atoms with van der Waals surface area (Å²) < 4.78 is 0. The lowest BCUT2D eigenvalue weighted by molar-refractivity contribution is 1.33. The number of hydrogen-bond acceptors (Lipinski definition) is 1. The average Bonchev–Trinajstić information content (AvgIpc) is 2.17. The van der Waals surface area contributed by atoms with Crippen molar-refractivity contribution in [1.82, 2.24) is 4.98 Å². The summed E-state index contributed by atoms with van der Waals surface area (Å²) in [6, 6.07) is 8.96. The molecule has 2 aromatic rings. The summed E-state index contributed by atoms with van der Waals surface area (Å²) in [5, 5.41) is 1.66. The number of pyridine rings is 1. The van der Waals surface area contributed by atoms with Gasteiger partial charge in [0, 0.05) is 21.8 Å². The molecule has 1 nitrogen and oxygen atoms in total. The lowest BCUT2D eigenvalue weighted by Gasteiger charge is -2.04. The van der Waals surface area contributed by atoms with E-state index in [9.17, 15) is 0 Å². The molecule has 2 rings (SSSR count). The second-order valence-electron chi connectivity index (χ2n) is 2.99. The molecule has 0 aliphatic rings. The van der Waals surface area contributed by atoms with Crippen molar-refractivity contribution in [2.75, 3.05) is 0 Å². The van der Waals surface area contributed by atoms with Crippen LogP contribution in [-0.4, -0.2) is 4.98 Å². The van der Waals surface area contributed by atoms with Crippen molar-refractivity contribution in [3.8, 4) is 11.1 Å². The Hall–Kier alpha value is -0.760. The van der Waals surface area contributed by atoms with Crippen molar-refractivity contribution in [2.45, 2.75) is 0 Å². The molecule has 0 bridgehead atoms. The third kappa shape index (κ3) is 2.43. The Balaban J connectivity index is 2.54. The Bertz CT molecular complexity index is 497. The van der Waals surface area contributed by atoms with Gasteiger partial charge in [-0.25, -0.2) is 4.98 Å². The second-order valence-corrected chi connectivity index (χ2v) is 4.22. The minimum atomic E-state index is 0.443. The normalized spacial score (nSPS) is 10.3. The van der Waals surface area contributed by atoms with E-state index in [4.69, 9.17) is 34.8 Å². The molecular weight excluding hydrogens is 252 g/mol. The lowest BCUT2D eigenvalue weighted by atomic mass is 10.1. The van der Waals surface area contributed by atoms with Crippen LogP contribution in [0.2, 0.25) is 15.2 Å². The smallest absolute Gasteiger partial charge is 0.129 e. The predicted octanol–water partition coefficient (Wildman–Crippen LogP) is 4.71. The molecule has 0 aliphatic carbocycles. The van der Waals surface area contributed by atoms with Crippen molar-refractivity contribution in [3.05, 3.63) is 51.7 Å². The predicted molar refractivity (Wildman–Crippen MR) is 64.7 cm³/mol. The Morgan fingerprint density at radius 2 is 1.73 bits per heavy atom. The summed E-state index contributed by atoms with van der Waals surface area (Å²) in [7, 11) is 0. The van der Waals surface area contributed by atoms with Crippen LogP contribution in [0.3, 0.4) is 0 Å². The van der Waals surface area contributed by atoms with Crippen LogP contribution in [0.25, 0.3) is 11.1 Å². The number of nitrogens with zero attached hydrogens (tertiary/aromatic N) is 1. The van der Waals surface area contributed by atoms with Gasteiger partial charge in [-0.1, -0.05) is 40.9 Å². The van der Waals surface area contributed by atoms with Crippen LogP contribution in [0.1, 0.15) is 0 Å². The molecule has 4 heteroatoms. The molecule has 1 aromatic heterocycles. The number of halogens is 3. The topological polar surface area (TPSA) is 12.9 Å². The first-order valence-corrected chi connectivity index (χ1v) is 5.37. The number of benzene rings is 1. The van der Waals surface area contributed by atoms with Crippen LogP contribution < -0.4 is 0 Å². The molecule has 0 amide bonds. The highest BCUT2D eigenvalue weighted by molar-refractivity contribution is 6.36. The number of hydrogen-bond donors (Lipinski definition) is 0. The van der Waals surface area contributed by atoms with Gasteiger partial charge in [-0.15, -0.1) is 0 Å². The maximum atomic E-state index is 6.07. The largest absolute Gasteiger partial charge is 0.245 e. The summed E-state index contributed by atoms with van der Waals surface area (Å²) in [5.74, 6) is 0. The molecule has 15 heavy (non-hydrogen) atoms. The van der Waals surface area contributed by atoms with Crippen molar-refractivity contribution >= 4 is 34.8 Å². The van der Waals surface area contributed by atoms with Gasteiger partial charge in [0.15, 0.2) is 0 Å². The maximum absolute atomic E-state index is 6.07. The van der Waals surface area contributed by atoms with Crippen LogP contribution >= 0.6 is 34.8 Å². The Morgan fingerprint density at radius 3 is 2.40 bits per heavy atom. The SMILES string of the molecule is Clc1ccc(-c2ccnc(Cl)c2)c(Cl)c1. The van der Waals surface area contributed by atoms with Crippen LogP contribution in [-0.2, 0) is 0 Å². The van der Waals surface area contributed by atoms with Gasteiger partial charge < -0.3 is 0 Å². The van der Waals surface area contributed by atoms with E-state index < -0.39 is 0 Å². The van der Waals surface area contributed by atoms with Crippen molar-refractivity contribution in [2.24, 2.45) is 0 Å². The van der Waals surface area contributed by atoms with Gasteiger partial charge >= 0.3 is 0 Å². The minimum absolute atomic E-state index is 0.443. The molecule has 76 valence electrons. The van der Waals surface area contributed by atoms with Gasteiger partial charge in [-0.2, -0.15) is 0 Å². The van der Waals surface area contributed by atoms with Gasteiger partial charge in [0.2, 0.25) is 0 Å². The molecule has 0 fully saturated rings. The third-order valence-corrected chi connectivity index (χ3v) is 2.72. The molecule has 0 saturated carbocycles. The van der Waals surface area contributed by atoms with E-state index in [0.717, 1.165) is 11.1 Å². The van der Waals surface area contributed by atoms with E-state index in [-0.39, 0.29) is 0 Å². The number of aromatic nitrogens is 1. The Morgan fingerprint density at radius 1 is 0.933 bits per heavy atom. The fraction of sp³-hybridized carbons (Fsp3) is 0. The highest BCUT2D eigenvalue weighted by Gasteiger charge is 2.04. The first-order valence-electron chi connectivity index (χ1n) is 4.24. The minimum Gasteiger partial charge on any atom is -0.245 e. The Kier molecular flexibility index (Phi) is 3.15. The fourth-order valence-corrected chi connectivity index (χ4v) is 1.99. The van der Waals surface area contributed by atoms with Gasteiger partial charge in [0.1, 0.15) is 5.15 Å². The van der Waals surface area contributed by atoms with Crippen LogP contribution in [0.4, 0.5) is 0 Å². The summed E-state index contributed by atoms with van der Waals surface area (Å²) >= 11 is 17.7. The Labute approximate surface area is 103 Å². The molecule has 0 N–H and O–H groups in total. The van der Waals surface area contributed by atoms with E-state index in [1.807, 2.05) is 12.1 Å². The van der Waals surface area contributed by atoms with E-state index in [2.05, 4.69) is 4.98 Å². The molecule has 0 unspecified atom stereocenters. The molecular formula is C11H6Cl3N. The van der Waals surface area contributed by atoms with Gasteiger partial charge in [0.05, 0.1) is 0 Å². The highest BCUT2D eigenvalue weighted by atomic mass is 35.5. The molecule has 0 saturated heterocycles. The zero-order valence-electron chi connectivity index (χ0n) is 7.55. The summed E-state index contributed by atoms with van der Waals surface area (Å²) in [4.78, 5) is 3.91. The molecule has 1 heterocycles. The van der Waals surface area contributed by atoms with Gasteiger partial charge in [0.25, 0.3) is 0 Å². The summed E-state index contributed by atoms with van der Waals surface area (Å²) in [6.07, 6.45) is 1.64. The van der Waals surface area contributed by atoms with Crippen molar-refractivity contribution < 1.29 is 0 Å². The van der Waals surface area contributed by atoms with Crippen molar-refractivity contribution in [1.29, 1.82) is 0 Å². The average molecular weight is 259 g/mol. The van der Waals surface area contributed by atoms with E-state index in [1.54, 1.807) is 24.4 Å². The van der Waals surface area contributed by atoms with Crippen molar-refractivity contribution in [3.63, 3.8) is 0 Å². The summed E-state index contributed by atoms with van der Waals surface area (Å²) in [6.45, 7) is 0. The van der Waals surface area contributed by atoms with Crippen LogP contribution in [0.5, 0.6) is 0 Å². The third-order valence-electron chi connectivity index (χ3n) is 1.97. The summed E-state index contributed by atoms with van der Waals surface area (Å²) in [5.41, 5.74) is 1.82. The zero-order chi connectivity index (χ0) is 10.8. The van der Waals surface area contributed by atoms with E-state index in [1.165, 1.54) is 0 Å². The molecule has 0 aliphatic heterocycles. The maximum Gasteiger partial charge on any atom is 0.129 e. The zero-order valence-corrected chi connectivity index (χ0v) is 9.81.